The number of benzene rings is 1. The monoisotopic (exact) mass is 281 g/mol. The Labute approximate surface area is 117 Å². The maximum atomic E-state index is 13.7. The van der Waals surface area contributed by atoms with Crippen molar-refractivity contribution in [2.24, 2.45) is 5.73 Å². The summed E-state index contributed by atoms with van der Waals surface area (Å²) in [7, 11) is 0. The van der Waals surface area contributed by atoms with Crippen LogP contribution in [0.3, 0.4) is 0 Å². The summed E-state index contributed by atoms with van der Waals surface area (Å²) < 4.78 is 18.9. The average Bonchev–Trinajstić information content (AvgIpc) is 2.45. The van der Waals surface area contributed by atoms with Crippen molar-refractivity contribution in [3.8, 4) is 0 Å². The lowest BCUT2D eigenvalue weighted by Crippen LogP contribution is -2.36. The number of morpholine rings is 1. The number of halogens is 1. The normalized spacial score (nSPS) is 15.2. The molecule has 3 N–H and O–H groups in total. The number of nitrogens with zero attached hydrogens (tertiary/aromatic N) is 1. The van der Waals surface area contributed by atoms with Gasteiger partial charge in [-0.15, -0.1) is 0 Å². The number of rotatable bonds is 5. The van der Waals surface area contributed by atoms with Crippen molar-refractivity contribution in [3.63, 3.8) is 0 Å². The third kappa shape index (κ3) is 4.18. The van der Waals surface area contributed by atoms with Gasteiger partial charge in [0.05, 0.1) is 13.2 Å². The highest BCUT2D eigenvalue weighted by Gasteiger charge is 2.13. The van der Waals surface area contributed by atoms with E-state index in [9.17, 15) is 9.18 Å². The van der Waals surface area contributed by atoms with E-state index < -0.39 is 0 Å². The van der Waals surface area contributed by atoms with Crippen LogP contribution in [-0.2, 0) is 9.53 Å². The summed E-state index contributed by atoms with van der Waals surface area (Å²) in [5.74, 6) is -0.503. The second-order valence-corrected chi connectivity index (χ2v) is 4.74. The second-order valence-electron chi connectivity index (χ2n) is 4.74. The number of carbonyl (C=O) groups is 1. The van der Waals surface area contributed by atoms with Gasteiger partial charge in [-0.05, 0) is 31.2 Å². The summed E-state index contributed by atoms with van der Waals surface area (Å²) in [4.78, 5) is 13.7. The Hall–Kier alpha value is -1.66. The van der Waals surface area contributed by atoms with Crippen molar-refractivity contribution in [1.29, 1.82) is 0 Å². The Morgan fingerprint density at radius 2 is 2.10 bits per heavy atom. The summed E-state index contributed by atoms with van der Waals surface area (Å²) >= 11 is 0. The molecule has 0 bridgehead atoms. The quantitative estimate of drug-likeness (QED) is 0.854. The molecule has 0 radical (unpaired) electrons. The van der Waals surface area contributed by atoms with Crippen LogP contribution in [-0.4, -0.2) is 38.8 Å². The van der Waals surface area contributed by atoms with Gasteiger partial charge < -0.3 is 20.7 Å². The van der Waals surface area contributed by atoms with Crippen LogP contribution in [0.15, 0.2) is 18.2 Å². The fraction of sp³-hybridized carbons (Fsp3) is 0.500. The fourth-order valence-corrected chi connectivity index (χ4v) is 2.14. The van der Waals surface area contributed by atoms with Crippen LogP contribution in [0.4, 0.5) is 15.8 Å². The van der Waals surface area contributed by atoms with E-state index in [1.54, 1.807) is 6.07 Å². The zero-order valence-electron chi connectivity index (χ0n) is 11.4. The topological polar surface area (TPSA) is 67.6 Å². The highest BCUT2D eigenvalue weighted by Crippen LogP contribution is 2.23. The molecule has 0 spiro atoms. The predicted octanol–water partition coefficient (Wildman–Crippen LogP) is 1.34. The van der Waals surface area contributed by atoms with Crippen LogP contribution in [0, 0.1) is 5.82 Å². The van der Waals surface area contributed by atoms with Gasteiger partial charge >= 0.3 is 0 Å². The van der Waals surface area contributed by atoms with Crippen LogP contribution >= 0.6 is 0 Å². The van der Waals surface area contributed by atoms with Crippen molar-refractivity contribution in [1.82, 2.24) is 0 Å². The van der Waals surface area contributed by atoms with Crippen molar-refractivity contribution in [2.45, 2.75) is 12.8 Å². The fourth-order valence-electron chi connectivity index (χ4n) is 2.14. The molecule has 0 aromatic heterocycles. The largest absolute Gasteiger partial charge is 0.378 e. The zero-order chi connectivity index (χ0) is 14.4. The van der Waals surface area contributed by atoms with E-state index in [0.717, 1.165) is 18.8 Å². The molecule has 1 aromatic rings. The second kappa shape index (κ2) is 7.21. The minimum Gasteiger partial charge on any atom is -0.378 e. The molecule has 110 valence electrons. The molecule has 1 aliphatic rings. The molecule has 1 heterocycles. The van der Waals surface area contributed by atoms with Gasteiger partial charge in [-0.2, -0.15) is 0 Å². The minimum absolute atomic E-state index is 0.144. The smallest absolute Gasteiger partial charge is 0.224 e. The van der Waals surface area contributed by atoms with E-state index in [1.807, 2.05) is 4.90 Å². The summed E-state index contributed by atoms with van der Waals surface area (Å²) in [5.41, 5.74) is 6.60. The van der Waals surface area contributed by atoms with Crippen LogP contribution in [0.2, 0.25) is 0 Å². The minimum atomic E-state index is -0.358. The molecule has 2 rings (SSSR count). The van der Waals surface area contributed by atoms with Crippen molar-refractivity contribution in [2.75, 3.05) is 43.1 Å². The van der Waals surface area contributed by atoms with Crippen molar-refractivity contribution in [3.05, 3.63) is 24.0 Å². The Balaban J connectivity index is 2.05. The van der Waals surface area contributed by atoms with Gasteiger partial charge in [-0.3, -0.25) is 4.79 Å². The summed E-state index contributed by atoms with van der Waals surface area (Å²) in [5, 5.41) is 2.70. The van der Waals surface area contributed by atoms with Crippen LogP contribution in [0.1, 0.15) is 12.8 Å². The molecule has 1 aliphatic heterocycles. The van der Waals surface area contributed by atoms with E-state index in [0.29, 0.717) is 38.3 Å². The molecule has 1 amide bonds. The molecule has 0 atom stereocenters. The number of nitrogens with one attached hydrogen (secondary N) is 1. The number of carbonyl (C=O) groups excluding carboxylic acids is 1. The number of nitrogens with two attached hydrogens (primary N) is 1. The first-order chi connectivity index (χ1) is 9.69. The first-order valence-corrected chi connectivity index (χ1v) is 6.82. The number of anilines is 2. The van der Waals surface area contributed by atoms with Gasteiger partial charge in [0, 0.05) is 30.9 Å². The van der Waals surface area contributed by atoms with Crippen LogP contribution < -0.4 is 16.0 Å². The van der Waals surface area contributed by atoms with Crippen molar-refractivity contribution < 1.29 is 13.9 Å². The van der Waals surface area contributed by atoms with Crippen LogP contribution in [0.5, 0.6) is 0 Å². The average molecular weight is 281 g/mol. The van der Waals surface area contributed by atoms with Gasteiger partial charge in [-0.1, -0.05) is 0 Å². The Kier molecular flexibility index (Phi) is 5.31. The molecule has 0 saturated carbocycles. The van der Waals surface area contributed by atoms with E-state index in [1.165, 1.54) is 12.1 Å². The molecule has 1 aromatic carbocycles. The third-order valence-electron chi connectivity index (χ3n) is 3.15. The highest BCUT2D eigenvalue weighted by atomic mass is 19.1. The first kappa shape index (κ1) is 14.7. The number of hydrogen-bond donors (Lipinski definition) is 2. The third-order valence-corrected chi connectivity index (χ3v) is 3.15. The molecule has 20 heavy (non-hydrogen) atoms. The SMILES string of the molecule is NCCCC(=O)Nc1cc(F)cc(N2CCOCC2)c1. The molecule has 5 nitrogen and oxygen atoms in total. The molecule has 0 aliphatic carbocycles. The van der Waals surface area contributed by atoms with Gasteiger partial charge in [0.25, 0.3) is 0 Å². The number of hydrogen-bond acceptors (Lipinski definition) is 4. The molecule has 0 unspecified atom stereocenters. The van der Waals surface area contributed by atoms with E-state index in [2.05, 4.69) is 5.32 Å². The summed E-state index contributed by atoms with van der Waals surface area (Å²) in [6.07, 6.45) is 0.970. The Bertz CT molecular complexity index is 462. The van der Waals surface area contributed by atoms with E-state index >= 15 is 0 Å². The zero-order valence-corrected chi connectivity index (χ0v) is 11.4. The summed E-state index contributed by atoms with van der Waals surface area (Å²) in [6.45, 7) is 3.19. The van der Waals surface area contributed by atoms with Crippen LogP contribution in [0.25, 0.3) is 0 Å². The van der Waals surface area contributed by atoms with Gasteiger partial charge in [-0.25, -0.2) is 4.39 Å². The van der Waals surface area contributed by atoms with Crippen molar-refractivity contribution >= 4 is 17.3 Å². The maximum absolute atomic E-state index is 13.7. The lowest BCUT2D eigenvalue weighted by atomic mass is 10.2. The number of ether oxygens (including phenoxy) is 1. The van der Waals surface area contributed by atoms with E-state index in [4.69, 9.17) is 10.5 Å². The first-order valence-electron chi connectivity index (χ1n) is 6.82. The Morgan fingerprint density at radius 3 is 2.80 bits per heavy atom. The molecule has 1 saturated heterocycles. The lowest BCUT2D eigenvalue weighted by Gasteiger charge is -2.29. The molecular formula is C14H20FN3O2. The lowest BCUT2D eigenvalue weighted by molar-refractivity contribution is -0.116. The maximum Gasteiger partial charge on any atom is 0.224 e. The van der Waals surface area contributed by atoms with Gasteiger partial charge in [0.2, 0.25) is 5.91 Å². The standard InChI is InChI=1S/C14H20FN3O2/c15-11-8-12(17-14(19)2-1-3-16)10-13(9-11)18-4-6-20-7-5-18/h8-10H,1-7,16H2,(H,17,19). The molecule has 6 heteroatoms. The van der Waals surface area contributed by atoms with Gasteiger partial charge in [0.15, 0.2) is 0 Å². The van der Waals surface area contributed by atoms with E-state index in [-0.39, 0.29) is 11.7 Å². The number of amides is 1. The summed E-state index contributed by atoms with van der Waals surface area (Å²) in [6, 6.07) is 4.58. The van der Waals surface area contributed by atoms with Gasteiger partial charge in [0.1, 0.15) is 5.82 Å². The predicted molar refractivity (Wildman–Crippen MR) is 76.4 cm³/mol. The Morgan fingerprint density at radius 1 is 1.35 bits per heavy atom. The molecular weight excluding hydrogens is 261 g/mol. The molecule has 1 fully saturated rings. The highest BCUT2D eigenvalue weighted by molar-refractivity contribution is 5.91.